The van der Waals surface area contributed by atoms with Gasteiger partial charge >= 0.3 is 0 Å². The summed E-state index contributed by atoms with van der Waals surface area (Å²) in [6, 6.07) is 7.08. The molecule has 2 aromatic carbocycles. The van der Waals surface area contributed by atoms with E-state index in [2.05, 4.69) is 0 Å². The van der Waals surface area contributed by atoms with Gasteiger partial charge in [0.25, 0.3) is 0 Å². The first kappa shape index (κ1) is 17.3. The summed E-state index contributed by atoms with van der Waals surface area (Å²) in [7, 11) is 4.22. The van der Waals surface area contributed by atoms with Gasteiger partial charge in [-0.2, -0.15) is 0 Å². The Bertz CT molecular complexity index is 758. The third-order valence-electron chi connectivity index (χ3n) is 3.37. The molecule has 0 spiro atoms. The minimum absolute atomic E-state index is 0.0650. The lowest BCUT2D eigenvalue weighted by Gasteiger charge is -2.09. The highest BCUT2D eigenvalue weighted by Gasteiger charge is 2.12. The van der Waals surface area contributed by atoms with Crippen molar-refractivity contribution in [1.29, 1.82) is 0 Å². The lowest BCUT2D eigenvalue weighted by molar-refractivity contribution is 0.104. The summed E-state index contributed by atoms with van der Waals surface area (Å²) in [5.41, 5.74) is 0.494. The fourth-order valence-electron chi connectivity index (χ4n) is 2.09. The summed E-state index contributed by atoms with van der Waals surface area (Å²) in [6.45, 7) is 0. The number of ether oxygens (including phenoxy) is 3. The summed E-state index contributed by atoms with van der Waals surface area (Å²) in [4.78, 5) is 12.1. The smallest absolute Gasteiger partial charge is 0.200 e. The number of ketones is 1. The van der Waals surface area contributed by atoms with Crippen molar-refractivity contribution in [3.05, 3.63) is 53.4 Å². The molecule has 0 saturated heterocycles. The second-order valence-corrected chi connectivity index (χ2v) is 4.82. The van der Waals surface area contributed by atoms with E-state index in [1.165, 1.54) is 57.7 Å². The Labute approximate surface area is 138 Å². The molecular formula is C18H17FO5. The molecule has 0 aromatic heterocycles. The van der Waals surface area contributed by atoms with Crippen LogP contribution in [0.15, 0.2) is 36.4 Å². The van der Waals surface area contributed by atoms with Gasteiger partial charge in [-0.05, 0) is 35.9 Å². The number of hydrogen-bond donors (Lipinski definition) is 1. The average molecular weight is 332 g/mol. The van der Waals surface area contributed by atoms with Crippen molar-refractivity contribution in [1.82, 2.24) is 0 Å². The molecule has 0 unspecified atom stereocenters. The first-order valence-electron chi connectivity index (χ1n) is 7.01. The molecule has 0 aliphatic carbocycles. The maximum absolute atomic E-state index is 13.9. The maximum atomic E-state index is 13.9. The Kier molecular flexibility index (Phi) is 5.42. The van der Waals surface area contributed by atoms with E-state index < -0.39 is 11.6 Å². The van der Waals surface area contributed by atoms with Crippen LogP contribution in [0, 0.1) is 5.82 Å². The van der Waals surface area contributed by atoms with E-state index in [1.807, 2.05) is 0 Å². The van der Waals surface area contributed by atoms with Gasteiger partial charge in [0.05, 0.1) is 26.9 Å². The number of rotatable bonds is 6. The van der Waals surface area contributed by atoms with Gasteiger partial charge in [-0.25, -0.2) is 4.39 Å². The molecule has 0 aliphatic rings. The number of carbonyl (C=O) groups is 1. The van der Waals surface area contributed by atoms with Gasteiger partial charge in [0.15, 0.2) is 17.3 Å². The van der Waals surface area contributed by atoms with Gasteiger partial charge in [-0.1, -0.05) is 6.08 Å². The van der Waals surface area contributed by atoms with Crippen LogP contribution in [-0.2, 0) is 0 Å². The Hall–Kier alpha value is -3.02. The van der Waals surface area contributed by atoms with E-state index >= 15 is 0 Å². The monoisotopic (exact) mass is 332 g/mol. The Morgan fingerprint density at radius 1 is 1.04 bits per heavy atom. The van der Waals surface area contributed by atoms with Crippen molar-refractivity contribution in [3.8, 4) is 23.0 Å². The first-order valence-corrected chi connectivity index (χ1v) is 7.01. The molecule has 1 N–H and O–H groups in total. The molecule has 0 amide bonds. The highest BCUT2D eigenvalue weighted by Crippen LogP contribution is 2.37. The zero-order chi connectivity index (χ0) is 17.7. The third kappa shape index (κ3) is 3.65. The number of hydrogen-bond acceptors (Lipinski definition) is 5. The van der Waals surface area contributed by atoms with E-state index in [4.69, 9.17) is 14.2 Å². The highest BCUT2D eigenvalue weighted by atomic mass is 19.1. The van der Waals surface area contributed by atoms with Crippen molar-refractivity contribution in [2.75, 3.05) is 21.3 Å². The van der Waals surface area contributed by atoms with Crippen LogP contribution in [-0.4, -0.2) is 32.2 Å². The van der Waals surface area contributed by atoms with Crippen molar-refractivity contribution in [3.63, 3.8) is 0 Å². The molecule has 6 heteroatoms. The molecule has 2 rings (SSSR count). The molecule has 2 aromatic rings. The molecule has 0 saturated carbocycles. The van der Waals surface area contributed by atoms with E-state index in [0.717, 1.165) is 6.07 Å². The third-order valence-corrected chi connectivity index (χ3v) is 3.37. The van der Waals surface area contributed by atoms with Gasteiger partial charge in [0.2, 0.25) is 5.75 Å². The molecule has 126 valence electrons. The number of phenols is 1. The molecule has 0 fully saturated rings. The number of allylic oxidation sites excluding steroid dienone is 1. The summed E-state index contributed by atoms with van der Waals surface area (Å²) >= 11 is 0. The number of phenolic OH excluding ortho intramolecular Hbond substituents is 1. The second-order valence-electron chi connectivity index (χ2n) is 4.82. The fraction of sp³-hybridized carbons (Fsp3) is 0.167. The molecule has 24 heavy (non-hydrogen) atoms. The first-order chi connectivity index (χ1) is 11.5. The molecular weight excluding hydrogens is 315 g/mol. The van der Waals surface area contributed by atoms with E-state index in [1.54, 1.807) is 0 Å². The van der Waals surface area contributed by atoms with Crippen molar-refractivity contribution < 1.29 is 28.5 Å². The summed E-state index contributed by atoms with van der Waals surface area (Å²) in [5, 5.41) is 9.85. The van der Waals surface area contributed by atoms with Gasteiger partial charge in [0.1, 0.15) is 11.6 Å². The molecule has 0 radical (unpaired) electrons. The normalized spacial score (nSPS) is 10.7. The van der Waals surface area contributed by atoms with Crippen molar-refractivity contribution in [2.24, 2.45) is 0 Å². The number of carbonyl (C=O) groups excluding carboxylic acids is 1. The fourth-order valence-corrected chi connectivity index (χ4v) is 2.09. The lowest BCUT2D eigenvalue weighted by Crippen LogP contribution is -1.99. The zero-order valence-corrected chi connectivity index (χ0v) is 13.5. The van der Waals surface area contributed by atoms with Crippen LogP contribution >= 0.6 is 0 Å². The largest absolute Gasteiger partial charge is 0.502 e. The average Bonchev–Trinajstić information content (AvgIpc) is 2.60. The predicted octanol–water partition coefficient (Wildman–Crippen LogP) is 3.45. The van der Waals surface area contributed by atoms with Crippen LogP contribution in [0.3, 0.4) is 0 Å². The van der Waals surface area contributed by atoms with Crippen LogP contribution in [0.5, 0.6) is 23.0 Å². The van der Waals surface area contributed by atoms with E-state index in [0.29, 0.717) is 11.3 Å². The number of methoxy groups -OCH3 is 3. The minimum atomic E-state index is -0.662. The van der Waals surface area contributed by atoms with Crippen LogP contribution in [0.1, 0.15) is 15.9 Å². The van der Waals surface area contributed by atoms with Gasteiger partial charge in [-0.3, -0.25) is 4.79 Å². The van der Waals surface area contributed by atoms with E-state index in [9.17, 15) is 14.3 Å². The zero-order valence-electron chi connectivity index (χ0n) is 13.5. The quantitative estimate of drug-likeness (QED) is 0.648. The van der Waals surface area contributed by atoms with Crippen LogP contribution < -0.4 is 14.2 Å². The standard InChI is InChI=1S/C18H17FO5/c1-22-12-5-6-13(14(19)10-12)15(20)7-4-11-8-16(23-2)18(21)17(9-11)24-3/h4-10,21H,1-3H3. The van der Waals surface area contributed by atoms with Crippen LogP contribution in [0.4, 0.5) is 4.39 Å². The molecule has 0 bridgehead atoms. The van der Waals surface area contributed by atoms with Gasteiger partial charge in [0, 0.05) is 6.07 Å². The van der Waals surface area contributed by atoms with E-state index in [-0.39, 0.29) is 22.8 Å². The van der Waals surface area contributed by atoms with Gasteiger partial charge < -0.3 is 19.3 Å². The summed E-state index contributed by atoms with van der Waals surface area (Å²) in [6.07, 6.45) is 2.71. The SMILES string of the molecule is COc1ccc(C(=O)C=Cc2cc(OC)c(O)c(OC)c2)c(F)c1. The molecule has 5 nitrogen and oxygen atoms in total. The molecule has 0 aliphatic heterocycles. The predicted molar refractivity (Wildman–Crippen MR) is 87.5 cm³/mol. The second kappa shape index (κ2) is 7.50. The Morgan fingerprint density at radius 2 is 1.67 bits per heavy atom. The Balaban J connectivity index is 2.29. The van der Waals surface area contributed by atoms with Gasteiger partial charge in [-0.15, -0.1) is 0 Å². The lowest BCUT2D eigenvalue weighted by atomic mass is 10.1. The molecule has 0 atom stereocenters. The van der Waals surface area contributed by atoms with Crippen molar-refractivity contribution in [2.45, 2.75) is 0 Å². The maximum Gasteiger partial charge on any atom is 0.200 e. The summed E-state index contributed by atoms with van der Waals surface area (Å²) < 4.78 is 28.9. The highest BCUT2D eigenvalue weighted by molar-refractivity contribution is 6.07. The number of benzene rings is 2. The van der Waals surface area contributed by atoms with Crippen molar-refractivity contribution >= 4 is 11.9 Å². The van der Waals surface area contributed by atoms with Crippen LogP contribution in [0.25, 0.3) is 6.08 Å². The minimum Gasteiger partial charge on any atom is -0.502 e. The van der Waals surface area contributed by atoms with Crippen LogP contribution in [0.2, 0.25) is 0 Å². The molecule has 0 heterocycles. The number of aromatic hydroxyl groups is 1. The topological polar surface area (TPSA) is 65.0 Å². The Morgan fingerprint density at radius 3 is 2.17 bits per heavy atom. The summed E-state index contributed by atoms with van der Waals surface area (Å²) in [5.74, 6) is -0.550. The number of halogens is 1.